The van der Waals surface area contributed by atoms with Gasteiger partial charge in [0.15, 0.2) is 8.32 Å². The molecule has 0 unspecified atom stereocenters. The predicted molar refractivity (Wildman–Crippen MR) is 42.9 cm³/mol. The highest BCUT2D eigenvalue weighted by atomic mass is 32.2. The molecule has 0 amide bonds. The van der Waals surface area contributed by atoms with E-state index < -0.39 is 8.32 Å². The largest absolute Gasteiger partial charge is 0.420 e. The third-order valence-electron chi connectivity index (χ3n) is 1.04. The molecule has 0 rings (SSSR count). The van der Waals surface area contributed by atoms with E-state index in [1.807, 2.05) is 18.9 Å². The molecule has 0 aromatic heterocycles. The van der Waals surface area contributed by atoms with Crippen molar-refractivity contribution in [3.8, 4) is 0 Å². The summed E-state index contributed by atoms with van der Waals surface area (Å²) in [5.41, 5.74) is 0. The lowest BCUT2D eigenvalue weighted by Crippen LogP contribution is -2.32. The zero-order valence-corrected chi connectivity index (χ0v) is 7.84. The van der Waals surface area contributed by atoms with Crippen LogP contribution in [0.1, 0.15) is 0 Å². The second kappa shape index (κ2) is 3.53. The van der Waals surface area contributed by atoms with Crippen LogP contribution in [0.2, 0.25) is 13.1 Å². The van der Waals surface area contributed by atoms with Gasteiger partial charge in [0.1, 0.15) is 0 Å². The Morgan fingerprint density at radius 3 is 2.12 bits per heavy atom. The van der Waals surface area contributed by atoms with Gasteiger partial charge in [0.05, 0.1) is 0 Å². The Labute approximate surface area is 56.9 Å². The summed E-state index contributed by atoms with van der Waals surface area (Å²) < 4.78 is 5.30. The lowest BCUT2D eigenvalue weighted by molar-refractivity contribution is 0.410. The topological polar surface area (TPSA) is 9.23 Å². The maximum absolute atomic E-state index is 5.30. The van der Waals surface area contributed by atoms with Crippen molar-refractivity contribution in [1.82, 2.24) is 0 Å². The molecule has 0 N–H and O–H groups in total. The van der Waals surface area contributed by atoms with Gasteiger partial charge in [-0.3, -0.25) is 0 Å². The van der Waals surface area contributed by atoms with E-state index >= 15 is 0 Å². The van der Waals surface area contributed by atoms with Crippen LogP contribution >= 0.6 is 11.8 Å². The SMILES string of the molecule is CO[Si](C)(C)CSC. The van der Waals surface area contributed by atoms with E-state index in [2.05, 4.69) is 19.3 Å². The molecule has 0 radical (unpaired) electrons. The van der Waals surface area contributed by atoms with Crippen LogP contribution in [0, 0.1) is 0 Å². The first-order valence-electron chi connectivity index (χ1n) is 2.66. The van der Waals surface area contributed by atoms with E-state index in [0.717, 1.165) is 0 Å². The van der Waals surface area contributed by atoms with E-state index in [1.54, 1.807) is 0 Å². The van der Waals surface area contributed by atoms with E-state index in [-0.39, 0.29) is 0 Å². The lowest BCUT2D eigenvalue weighted by atomic mass is 11.8. The normalized spacial score (nSPS) is 12.0. The van der Waals surface area contributed by atoms with Gasteiger partial charge < -0.3 is 4.43 Å². The van der Waals surface area contributed by atoms with Crippen molar-refractivity contribution in [1.29, 1.82) is 0 Å². The molecule has 0 heterocycles. The second-order valence-electron chi connectivity index (χ2n) is 2.40. The highest BCUT2D eigenvalue weighted by Crippen LogP contribution is 2.08. The predicted octanol–water partition coefficient (Wildman–Crippen LogP) is 1.74. The number of hydrogen-bond acceptors (Lipinski definition) is 2. The van der Waals surface area contributed by atoms with Gasteiger partial charge in [-0.05, 0) is 19.3 Å². The van der Waals surface area contributed by atoms with Gasteiger partial charge in [-0.1, -0.05) is 0 Å². The number of hydrogen-bond donors (Lipinski definition) is 0. The van der Waals surface area contributed by atoms with Crippen LogP contribution in [0.15, 0.2) is 0 Å². The molecule has 0 spiro atoms. The van der Waals surface area contributed by atoms with Crippen molar-refractivity contribution in [3.63, 3.8) is 0 Å². The maximum atomic E-state index is 5.30. The molecule has 0 aliphatic rings. The fraction of sp³-hybridized carbons (Fsp3) is 1.00. The van der Waals surface area contributed by atoms with Crippen molar-refractivity contribution in [2.45, 2.75) is 13.1 Å². The van der Waals surface area contributed by atoms with Gasteiger partial charge >= 0.3 is 0 Å². The van der Waals surface area contributed by atoms with Gasteiger partial charge in [-0.25, -0.2) is 0 Å². The summed E-state index contributed by atoms with van der Waals surface area (Å²) in [5.74, 6) is 0. The third-order valence-corrected chi connectivity index (χ3v) is 6.09. The molecule has 0 aromatic rings. The molecular weight excluding hydrogens is 136 g/mol. The van der Waals surface area contributed by atoms with Gasteiger partial charge in [-0.15, -0.1) is 0 Å². The van der Waals surface area contributed by atoms with Crippen molar-refractivity contribution in [2.75, 3.05) is 18.7 Å². The van der Waals surface area contributed by atoms with Crippen LogP contribution in [-0.4, -0.2) is 27.1 Å². The van der Waals surface area contributed by atoms with Gasteiger partial charge in [0.25, 0.3) is 0 Å². The van der Waals surface area contributed by atoms with Crippen LogP contribution in [0.4, 0.5) is 0 Å². The molecule has 0 saturated heterocycles. The molecule has 3 heteroatoms. The van der Waals surface area contributed by atoms with Gasteiger partial charge in [-0.2, -0.15) is 11.8 Å². The fourth-order valence-corrected chi connectivity index (χ4v) is 3.66. The Morgan fingerprint density at radius 1 is 1.50 bits per heavy atom. The first kappa shape index (κ1) is 8.53. The van der Waals surface area contributed by atoms with E-state index in [9.17, 15) is 0 Å². The summed E-state index contributed by atoms with van der Waals surface area (Å²) in [5, 5.41) is 1.20. The minimum absolute atomic E-state index is 1.20. The second-order valence-corrected chi connectivity index (χ2v) is 8.06. The Morgan fingerprint density at radius 2 is 2.00 bits per heavy atom. The molecule has 0 saturated carbocycles. The molecule has 1 nitrogen and oxygen atoms in total. The minimum Gasteiger partial charge on any atom is -0.420 e. The maximum Gasteiger partial charge on any atom is 0.195 e. The Bertz CT molecular complexity index is 65.4. The zero-order valence-electron chi connectivity index (χ0n) is 6.02. The quantitative estimate of drug-likeness (QED) is 0.567. The van der Waals surface area contributed by atoms with Crippen LogP contribution in [0.5, 0.6) is 0 Å². The molecule has 0 fully saturated rings. The minimum atomic E-state index is -1.21. The fourth-order valence-electron chi connectivity index (χ4n) is 0.407. The molecule has 0 aliphatic carbocycles. The van der Waals surface area contributed by atoms with E-state index in [4.69, 9.17) is 4.43 Å². The van der Waals surface area contributed by atoms with Crippen molar-refractivity contribution < 1.29 is 4.43 Å². The van der Waals surface area contributed by atoms with E-state index in [1.165, 1.54) is 5.38 Å². The molecule has 8 heavy (non-hydrogen) atoms. The summed E-state index contributed by atoms with van der Waals surface area (Å²) in [6, 6.07) is 0. The van der Waals surface area contributed by atoms with Crippen LogP contribution in [0.25, 0.3) is 0 Å². The molecule has 0 atom stereocenters. The number of thioether (sulfide) groups is 1. The molecule has 50 valence electrons. The Balaban J connectivity index is 3.37. The lowest BCUT2D eigenvalue weighted by Gasteiger charge is -2.17. The first-order chi connectivity index (χ1) is 3.62. The highest BCUT2D eigenvalue weighted by Gasteiger charge is 2.18. The first-order valence-corrected chi connectivity index (χ1v) is 7.17. The summed E-state index contributed by atoms with van der Waals surface area (Å²) in [4.78, 5) is 0. The van der Waals surface area contributed by atoms with Crippen LogP contribution in [0.3, 0.4) is 0 Å². The number of rotatable bonds is 3. The third kappa shape index (κ3) is 3.52. The summed E-state index contributed by atoms with van der Waals surface area (Å²) >= 11 is 1.87. The Hall–Kier alpha value is 0.527. The summed E-state index contributed by atoms with van der Waals surface area (Å²) in [7, 11) is 0.594. The standard InChI is InChI=1S/C5H14OSSi/c1-6-8(3,4)5-7-2/h5H2,1-4H3. The van der Waals surface area contributed by atoms with Crippen molar-refractivity contribution >= 4 is 20.1 Å². The molecule has 0 bridgehead atoms. The highest BCUT2D eigenvalue weighted by molar-refractivity contribution is 8.00. The average molecular weight is 150 g/mol. The van der Waals surface area contributed by atoms with Crippen molar-refractivity contribution in [3.05, 3.63) is 0 Å². The molecule has 0 aromatic carbocycles. The van der Waals surface area contributed by atoms with Gasteiger partial charge in [0.2, 0.25) is 0 Å². The Kier molecular flexibility index (Phi) is 3.77. The van der Waals surface area contributed by atoms with Crippen LogP contribution in [-0.2, 0) is 4.43 Å². The van der Waals surface area contributed by atoms with E-state index in [0.29, 0.717) is 0 Å². The smallest absolute Gasteiger partial charge is 0.195 e. The molecule has 0 aliphatic heterocycles. The average Bonchev–Trinajstić information content (AvgIpc) is 1.67. The zero-order chi connectivity index (χ0) is 6.62. The van der Waals surface area contributed by atoms with Crippen LogP contribution < -0.4 is 0 Å². The monoisotopic (exact) mass is 150 g/mol. The summed E-state index contributed by atoms with van der Waals surface area (Å²) in [6.07, 6.45) is 2.12. The van der Waals surface area contributed by atoms with Gasteiger partial charge in [0, 0.05) is 12.5 Å². The summed E-state index contributed by atoms with van der Waals surface area (Å²) in [6.45, 7) is 4.45. The van der Waals surface area contributed by atoms with Crippen molar-refractivity contribution in [2.24, 2.45) is 0 Å². The molecular formula is C5H14OSSi.